The highest BCUT2D eigenvalue weighted by Crippen LogP contribution is 2.42. The minimum atomic E-state index is -0.0202. The molecule has 0 bridgehead atoms. The number of ether oxygens (including phenoxy) is 3. The van der Waals surface area contributed by atoms with Gasteiger partial charge in [-0.1, -0.05) is 0 Å². The molecule has 0 amide bonds. The molecule has 146 valence electrons. The maximum absolute atomic E-state index is 13.5. The van der Waals surface area contributed by atoms with Crippen molar-refractivity contribution in [1.82, 2.24) is 9.88 Å². The Labute approximate surface area is 164 Å². The first-order chi connectivity index (χ1) is 13.6. The van der Waals surface area contributed by atoms with Crippen molar-refractivity contribution in [2.75, 3.05) is 34.4 Å². The average Bonchev–Trinajstić information content (AvgIpc) is 3.02. The van der Waals surface area contributed by atoms with E-state index >= 15 is 0 Å². The largest absolute Gasteiger partial charge is 0.497 e. The second kappa shape index (κ2) is 7.20. The smallest absolute Gasteiger partial charge is 0.195 e. The molecule has 1 atom stereocenters. The monoisotopic (exact) mass is 380 g/mol. The molecule has 0 aliphatic carbocycles. The predicted molar refractivity (Wildman–Crippen MR) is 108 cm³/mol. The molecule has 1 aliphatic heterocycles. The van der Waals surface area contributed by atoms with Gasteiger partial charge in [0.2, 0.25) is 0 Å². The van der Waals surface area contributed by atoms with Gasteiger partial charge in [-0.05, 0) is 44.3 Å². The molecular weight excluding hydrogens is 356 g/mol. The third kappa shape index (κ3) is 2.81. The van der Waals surface area contributed by atoms with Gasteiger partial charge in [0.1, 0.15) is 23.9 Å². The van der Waals surface area contributed by atoms with Gasteiger partial charge in [0, 0.05) is 29.3 Å². The number of carbonyl (C=O) groups is 1. The van der Waals surface area contributed by atoms with Gasteiger partial charge in [-0.2, -0.15) is 0 Å². The second-order valence-electron chi connectivity index (χ2n) is 6.93. The summed E-state index contributed by atoms with van der Waals surface area (Å²) in [6, 6.07) is 11.1. The Hall–Kier alpha value is -2.99. The zero-order chi connectivity index (χ0) is 19.8. The van der Waals surface area contributed by atoms with Crippen LogP contribution in [0, 0.1) is 6.92 Å². The van der Waals surface area contributed by atoms with Gasteiger partial charge in [0.15, 0.2) is 5.78 Å². The Balaban J connectivity index is 1.94. The van der Waals surface area contributed by atoms with Gasteiger partial charge in [0.05, 0.1) is 31.3 Å². The van der Waals surface area contributed by atoms with E-state index in [1.54, 1.807) is 38.5 Å². The number of carbonyl (C=O) groups excluding carboxylic acids is 1. The van der Waals surface area contributed by atoms with Crippen LogP contribution < -0.4 is 19.5 Å². The molecule has 6 heteroatoms. The van der Waals surface area contributed by atoms with E-state index < -0.39 is 0 Å². The fraction of sp³-hybridized carbons (Fsp3) is 0.318. The first-order valence-electron chi connectivity index (χ1n) is 9.27. The van der Waals surface area contributed by atoms with Crippen molar-refractivity contribution in [3.05, 3.63) is 53.2 Å². The zero-order valence-corrected chi connectivity index (χ0v) is 16.5. The third-order valence-corrected chi connectivity index (χ3v) is 5.33. The highest BCUT2D eigenvalue weighted by molar-refractivity contribution is 6.18. The molecular formula is C22H24N2O4. The molecule has 2 aromatic carbocycles. The molecule has 28 heavy (non-hydrogen) atoms. The molecule has 0 saturated carbocycles. The molecule has 1 N–H and O–H groups in total. The topological polar surface area (TPSA) is 61.7 Å². The van der Waals surface area contributed by atoms with Crippen molar-refractivity contribution in [3.63, 3.8) is 0 Å². The van der Waals surface area contributed by atoms with Crippen LogP contribution in [0.3, 0.4) is 0 Å². The number of aromatic nitrogens is 1. The predicted octanol–water partition coefficient (Wildman–Crippen LogP) is 3.35. The van der Waals surface area contributed by atoms with Crippen LogP contribution in [0.4, 0.5) is 0 Å². The summed E-state index contributed by atoms with van der Waals surface area (Å²) in [7, 11) is 5.15. The number of methoxy groups -OCH3 is 2. The van der Waals surface area contributed by atoms with E-state index in [9.17, 15) is 4.79 Å². The SMILES string of the molecule is CNCC1COc2cc(OC)cc3c(C(=O)c4ccc(OC)cc4)c(C)n1c23. The van der Waals surface area contributed by atoms with Crippen LogP contribution in [0.15, 0.2) is 36.4 Å². The molecule has 2 heterocycles. The van der Waals surface area contributed by atoms with Crippen molar-refractivity contribution < 1.29 is 19.0 Å². The van der Waals surface area contributed by atoms with Crippen molar-refractivity contribution in [1.29, 1.82) is 0 Å². The lowest BCUT2D eigenvalue weighted by Gasteiger charge is -2.27. The normalized spacial score (nSPS) is 15.4. The standard InChI is InChI=1S/C22H24N2O4/c1-13-20(22(25)14-5-7-16(26-3)8-6-14)18-9-17(27-4)10-19-21(18)24(13)15(11-23-2)12-28-19/h5-10,15,23H,11-12H2,1-4H3. The lowest BCUT2D eigenvalue weighted by Crippen LogP contribution is -2.30. The molecule has 1 aromatic heterocycles. The Bertz CT molecular complexity index is 1040. The van der Waals surface area contributed by atoms with Gasteiger partial charge in [-0.3, -0.25) is 4.79 Å². The first-order valence-corrected chi connectivity index (χ1v) is 9.27. The third-order valence-electron chi connectivity index (χ3n) is 5.33. The number of benzene rings is 2. The van der Waals surface area contributed by atoms with Gasteiger partial charge in [-0.25, -0.2) is 0 Å². The summed E-state index contributed by atoms with van der Waals surface area (Å²) in [4.78, 5) is 13.5. The van der Waals surface area contributed by atoms with Gasteiger partial charge >= 0.3 is 0 Å². The van der Waals surface area contributed by atoms with Crippen LogP contribution in [0.1, 0.15) is 27.7 Å². The van der Waals surface area contributed by atoms with E-state index in [0.717, 1.165) is 34.6 Å². The summed E-state index contributed by atoms with van der Waals surface area (Å²) < 4.78 is 18.9. The summed E-state index contributed by atoms with van der Waals surface area (Å²) in [5.74, 6) is 2.13. The maximum Gasteiger partial charge on any atom is 0.195 e. The second-order valence-corrected chi connectivity index (χ2v) is 6.93. The molecule has 0 spiro atoms. The molecule has 0 saturated heterocycles. The van der Waals surface area contributed by atoms with Gasteiger partial charge in [0.25, 0.3) is 0 Å². The van der Waals surface area contributed by atoms with E-state index in [-0.39, 0.29) is 11.8 Å². The van der Waals surface area contributed by atoms with Gasteiger partial charge < -0.3 is 24.1 Å². The van der Waals surface area contributed by atoms with E-state index in [1.165, 1.54) is 0 Å². The zero-order valence-electron chi connectivity index (χ0n) is 16.5. The molecule has 0 fully saturated rings. The van der Waals surface area contributed by atoms with Crippen molar-refractivity contribution in [2.24, 2.45) is 0 Å². The van der Waals surface area contributed by atoms with Crippen molar-refractivity contribution in [2.45, 2.75) is 13.0 Å². The summed E-state index contributed by atoms with van der Waals surface area (Å²) >= 11 is 0. The van der Waals surface area contributed by atoms with Crippen LogP contribution in [0.2, 0.25) is 0 Å². The molecule has 3 aromatic rings. The van der Waals surface area contributed by atoms with Gasteiger partial charge in [-0.15, -0.1) is 0 Å². The lowest BCUT2D eigenvalue weighted by molar-refractivity contribution is 0.103. The lowest BCUT2D eigenvalue weighted by atomic mass is 10.00. The van der Waals surface area contributed by atoms with Crippen molar-refractivity contribution >= 4 is 16.7 Å². The first kappa shape index (κ1) is 18.4. The number of hydrogen-bond donors (Lipinski definition) is 1. The minimum absolute atomic E-state index is 0.0202. The summed E-state index contributed by atoms with van der Waals surface area (Å²) in [5.41, 5.74) is 3.19. The number of rotatable bonds is 6. The fourth-order valence-corrected chi connectivity index (χ4v) is 4.01. The number of hydrogen-bond acceptors (Lipinski definition) is 5. The molecule has 6 nitrogen and oxygen atoms in total. The number of ketones is 1. The van der Waals surface area contributed by atoms with E-state index in [2.05, 4.69) is 9.88 Å². The van der Waals surface area contributed by atoms with Crippen molar-refractivity contribution in [3.8, 4) is 17.2 Å². The van der Waals surface area contributed by atoms with E-state index in [4.69, 9.17) is 14.2 Å². The van der Waals surface area contributed by atoms with E-state index in [0.29, 0.717) is 23.5 Å². The fourth-order valence-electron chi connectivity index (χ4n) is 4.01. The highest BCUT2D eigenvalue weighted by Gasteiger charge is 2.30. The average molecular weight is 380 g/mol. The molecule has 0 radical (unpaired) electrons. The van der Waals surface area contributed by atoms with Crippen LogP contribution in [-0.2, 0) is 0 Å². The summed E-state index contributed by atoms with van der Waals surface area (Å²) in [6.07, 6.45) is 0. The van der Waals surface area contributed by atoms with Crippen LogP contribution >= 0.6 is 0 Å². The molecule has 1 unspecified atom stereocenters. The Morgan fingerprint density at radius 3 is 2.54 bits per heavy atom. The Morgan fingerprint density at radius 2 is 1.89 bits per heavy atom. The minimum Gasteiger partial charge on any atom is -0.497 e. The quantitative estimate of drug-likeness (QED) is 0.665. The number of likely N-dealkylation sites (N-methyl/N-ethyl adjacent to an activating group) is 1. The summed E-state index contributed by atoms with van der Waals surface area (Å²) in [6.45, 7) is 3.30. The summed E-state index contributed by atoms with van der Waals surface area (Å²) in [5, 5.41) is 4.07. The van der Waals surface area contributed by atoms with E-state index in [1.807, 2.05) is 26.1 Å². The molecule has 1 aliphatic rings. The highest BCUT2D eigenvalue weighted by atomic mass is 16.5. The van der Waals surface area contributed by atoms with Crippen LogP contribution in [0.5, 0.6) is 17.2 Å². The Kier molecular flexibility index (Phi) is 4.73. The van der Waals surface area contributed by atoms with Crippen LogP contribution in [-0.4, -0.2) is 44.8 Å². The number of nitrogens with zero attached hydrogens (tertiary/aromatic N) is 1. The number of nitrogens with one attached hydrogen (secondary N) is 1. The van der Waals surface area contributed by atoms with Crippen LogP contribution in [0.25, 0.3) is 10.9 Å². The molecule has 4 rings (SSSR count). The Morgan fingerprint density at radius 1 is 1.18 bits per heavy atom. The maximum atomic E-state index is 13.5.